The predicted molar refractivity (Wildman–Crippen MR) is 78.8 cm³/mol. The minimum atomic E-state index is 0.518. The van der Waals surface area contributed by atoms with Crippen LogP contribution >= 0.6 is 0 Å². The van der Waals surface area contributed by atoms with E-state index < -0.39 is 0 Å². The Balaban J connectivity index is 1.77. The van der Waals surface area contributed by atoms with Crippen molar-refractivity contribution in [3.8, 4) is 0 Å². The minimum absolute atomic E-state index is 0.518. The molecule has 1 aliphatic heterocycles. The highest BCUT2D eigenvalue weighted by atomic mass is 15.2. The number of nitrogens with one attached hydrogen (secondary N) is 1. The lowest BCUT2D eigenvalue weighted by Crippen LogP contribution is -2.39. The molecule has 0 radical (unpaired) electrons. The van der Waals surface area contributed by atoms with Gasteiger partial charge in [-0.15, -0.1) is 0 Å². The van der Waals surface area contributed by atoms with E-state index in [2.05, 4.69) is 38.0 Å². The molecule has 2 nitrogen and oxygen atoms in total. The van der Waals surface area contributed by atoms with E-state index in [1.807, 2.05) is 0 Å². The zero-order valence-electron chi connectivity index (χ0n) is 12.8. The first kappa shape index (κ1) is 14.3. The molecular formula is C16H32N2. The lowest BCUT2D eigenvalue weighted by Gasteiger charge is -2.40. The van der Waals surface area contributed by atoms with Crippen LogP contribution in [0, 0.1) is 17.3 Å². The molecule has 2 fully saturated rings. The Bertz CT molecular complexity index is 248. The normalized spacial score (nSPS) is 35.0. The van der Waals surface area contributed by atoms with Gasteiger partial charge in [0, 0.05) is 12.6 Å². The molecule has 0 aromatic carbocycles. The van der Waals surface area contributed by atoms with E-state index in [1.54, 1.807) is 0 Å². The summed E-state index contributed by atoms with van der Waals surface area (Å²) >= 11 is 0. The molecule has 0 bridgehead atoms. The third kappa shape index (κ3) is 3.48. The van der Waals surface area contributed by atoms with Crippen LogP contribution in [0.15, 0.2) is 0 Å². The molecule has 1 atom stereocenters. The number of rotatable bonds is 3. The highest BCUT2D eigenvalue weighted by Gasteiger charge is 2.34. The van der Waals surface area contributed by atoms with Crippen LogP contribution in [-0.2, 0) is 0 Å². The van der Waals surface area contributed by atoms with Crippen LogP contribution in [0.3, 0.4) is 0 Å². The Morgan fingerprint density at radius 3 is 2.28 bits per heavy atom. The van der Waals surface area contributed by atoms with Crippen molar-refractivity contribution in [2.75, 3.05) is 26.7 Å². The summed E-state index contributed by atoms with van der Waals surface area (Å²) in [7, 11) is 2.08. The molecule has 0 spiro atoms. The summed E-state index contributed by atoms with van der Waals surface area (Å²) in [4.78, 5) is 2.78. The van der Waals surface area contributed by atoms with E-state index in [4.69, 9.17) is 0 Å². The number of likely N-dealkylation sites (tertiary alicyclic amines) is 1. The largest absolute Gasteiger partial charge is 0.319 e. The van der Waals surface area contributed by atoms with Crippen LogP contribution in [0.1, 0.15) is 52.9 Å². The minimum Gasteiger partial charge on any atom is -0.319 e. The van der Waals surface area contributed by atoms with Gasteiger partial charge in [0.1, 0.15) is 0 Å². The molecule has 0 amide bonds. The summed E-state index contributed by atoms with van der Waals surface area (Å²) in [5.74, 6) is 1.85. The van der Waals surface area contributed by atoms with Gasteiger partial charge in [0.2, 0.25) is 0 Å². The first-order valence-corrected chi connectivity index (χ1v) is 7.89. The molecule has 2 aliphatic rings. The lowest BCUT2D eigenvalue weighted by molar-refractivity contribution is 0.108. The molecule has 106 valence electrons. The van der Waals surface area contributed by atoms with E-state index in [-0.39, 0.29) is 0 Å². The maximum absolute atomic E-state index is 3.33. The van der Waals surface area contributed by atoms with Crippen molar-refractivity contribution in [3.63, 3.8) is 0 Å². The van der Waals surface area contributed by atoms with Crippen molar-refractivity contribution in [1.82, 2.24) is 10.2 Å². The maximum Gasteiger partial charge on any atom is 0.00955 e. The van der Waals surface area contributed by atoms with Crippen LogP contribution in [0.4, 0.5) is 0 Å². The first-order chi connectivity index (χ1) is 8.50. The number of nitrogens with zero attached hydrogens (tertiary/aromatic N) is 1. The standard InChI is InChI=1S/C16H32N2/c1-16(2,3)14-5-7-15(8-6-14)18-10-9-13(12-18)11-17-4/h13-15,17H,5-12H2,1-4H3. The number of hydrogen-bond donors (Lipinski definition) is 1. The van der Waals surface area contributed by atoms with Gasteiger partial charge in [-0.1, -0.05) is 20.8 Å². The van der Waals surface area contributed by atoms with Gasteiger partial charge in [-0.05, 0) is 69.5 Å². The van der Waals surface area contributed by atoms with Gasteiger partial charge < -0.3 is 10.2 Å². The smallest absolute Gasteiger partial charge is 0.00955 e. The molecule has 1 unspecified atom stereocenters. The summed E-state index contributed by atoms with van der Waals surface area (Å²) < 4.78 is 0. The van der Waals surface area contributed by atoms with Crippen molar-refractivity contribution in [3.05, 3.63) is 0 Å². The lowest BCUT2D eigenvalue weighted by atomic mass is 9.71. The second-order valence-electron chi connectivity index (χ2n) is 7.58. The average molecular weight is 252 g/mol. The van der Waals surface area contributed by atoms with Gasteiger partial charge in [-0.25, -0.2) is 0 Å². The molecule has 1 N–H and O–H groups in total. The van der Waals surface area contributed by atoms with Gasteiger partial charge in [0.15, 0.2) is 0 Å². The van der Waals surface area contributed by atoms with E-state index in [9.17, 15) is 0 Å². The van der Waals surface area contributed by atoms with Crippen molar-refractivity contribution in [2.45, 2.75) is 58.9 Å². The fourth-order valence-corrected chi connectivity index (χ4v) is 3.96. The second kappa shape index (κ2) is 5.92. The Labute approximate surface area is 114 Å². The topological polar surface area (TPSA) is 15.3 Å². The zero-order valence-corrected chi connectivity index (χ0v) is 12.8. The Hall–Kier alpha value is -0.0800. The summed E-state index contributed by atoms with van der Waals surface area (Å²) in [6.45, 7) is 11.1. The van der Waals surface area contributed by atoms with Crippen LogP contribution in [-0.4, -0.2) is 37.6 Å². The van der Waals surface area contributed by atoms with Crippen molar-refractivity contribution in [1.29, 1.82) is 0 Å². The molecule has 1 saturated heterocycles. The molecule has 0 aromatic rings. The molecular weight excluding hydrogens is 220 g/mol. The van der Waals surface area contributed by atoms with Crippen LogP contribution in [0.5, 0.6) is 0 Å². The van der Waals surface area contributed by atoms with Gasteiger partial charge in [-0.3, -0.25) is 0 Å². The summed E-state index contributed by atoms with van der Waals surface area (Å²) in [5.41, 5.74) is 0.518. The van der Waals surface area contributed by atoms with Crippen LogP contribution in [0.2, 0.25) is 0 Å². The Morgan fingerprint density at radius 1 is 1.06 bits per heavy atom. The van der Waals surface area contributed by atoms with Crippen molar-refractivity contribution < 1.29 is 0 Å². The molecule has 2 rings (SSSR count). The number of hydrogen-bond acceptors (Lipinski definition) is 2. The fourth-order valence-electron chi connectivity index (χ4n) is 3.96. The zero-order chi connectivity index (χ0) is 13.2. The van der Waals surface area contributed by atoms with Gasteiger partial charge >= 0.3 is 0 Å². The summed E-state index contributed by atoms with van der Waals surface area (Å²) in [6.07, 6.45) is 7.17. The average Bonchev–Trinajstić information content (AvgIpc) is 2.77. The highest BCUT2D eigenvalue weighted by Crippen LogP contribution is 2.39. The van der Waals surface area contributed by atoms with Crippen molar-refractivity contribution >= 4 is 0 Å². The Kier molecular flexibility index (Phi) is 4.71. The maximum atomic E-state index is 3.33. The van der Waals surface area contributed by atoms with Gasteiger partial charge in [0.25, 0.3) is 0 Å². The van der Waals surface area contributed by atoms with E-state index in [1.165, 1.54) is 51.7 Å². The molecule has 1 aliphatic carbocycles. The molecule has 1 saturated carbocycles. The van der Waals surface area contributed by atoms with E-state index in [0.717, 1.165) is 17.9 Å². The molecule has 1 heterocycles. The first-order valence-electron chi connectivity index (χ1n) is 7.89. The van der Waals surface area contributed by atoms with Crippen molar-refractivity contribution in [2.24, 2.45) is 17.3 Å². The van der Waals surface area contributed by atoms with Crippen LogP contribution in [0.25, 0.3) is 0 Å². The molecule has 0 aromatic heterocycles. The van der Waals surface area contributed by atoms with Gasteiger partial charge in [-0.2, -0.15) is 0 Å². The molecule has 2 heteroatoms. The third-order valence-electron chi connectivity index (χ3n) is 5.25. The summed E-state index contributed by atoms with van der Waals surface area (Å²) in [6, 6.07) is 0.894. The highest BCUT2D eigenvalue weighted by molar-refractivity contribution is 4.88. The van der Waals surface area contributed by atoms with E-state index >= 15 is 0 Å². The second-order valence-corrected chi connectivity index (χ2v) is 7.58. The predicted octanol–water partition coefficient (Wildman–Crippen LogP) is 3.13. The SMILES string of the molecule is CNCC1CCN(C2CCC(C(C)(C)C)CC2)C1. The summed E-state index contributed by atoms with van der Waals surface area (Å²) in [5, 5.41) is 3.33. The fraction of sp³-hybridized carbons (Fsp3) is 1.00. The quantitative estimate of drug-likeness (QED) is 0.830. The van der Waals surface area contributed by atoms with Gasteiger partial charge in [0.05, 0.1) is 0 Å². The van der Waals surface area contributed by atoms with Crippen LogP contribution < -0.4 is 5.32 Å². The molecule has 18 heavy (non-hydrogen) atoms. The van der Waals surface area contributed by atoms with E-state index in [0.29, 0.717) is 5.41 Å². The Morgan fingerprint density at radius 2 is 1.72 bits per heavy atom. The third-order valence-corrected chi connectivity index (χ3v) is 5.25. The monoisotopic (exact) mass is 252 g/mol.